The van der Waals surface area contributed by atoms with Gasteiger partial charge in [0, 0.05) is 108 Å². The van der Waals surface area contributed by atoms with E-state index in [-0.39, 0.29) is 102 Å². The highest BCUT2D eigenvalue weighted by atomic mass is 32.2. The van der Waals surface area contributed by atoms with Crippen molar-refractivity contribution in [2.75, 3.05) is 83.6 Å². The summed E-state index contributed by atoms with van der Waals surface area (Å²) in [5.41, 5.74) is 21.6. The van der Waals surface area contributed by atoms with Crippen molar-refractivity contribution < 1.29 is 75.8 Å². The molecule has 10 N–H and O–H groups in total. The molecule has 0 radical (unpaired) electrons. The smallest absolute Gasteiger partial charge is 0.304 e. The lowest BCUT2D eigenvalue weighted by atomic mass is 9.97. The molecule has 16 rings (SSSR count). The number of amides is 4. The van der Waals surface area contributed by atoms with Crippen molar-refractivity contribution in [1.29, 1.82) is 0 Å². The van der Waals surface area contributed by atoms with Gasteiger partial charge >= 0.3 is 10.2 Å². The topological polar surface area (TPSA) is 483 Å². The summed E-state index contributed by atoms with van der Waals surface area (Å²) in [5.74, 6) is 1.73. The molecule has 0 saturated carbocycles. The minimum atomic E-state index is -4.24. The van der Waals surface area contributed by atoms with E-state index in [9.17, 15) is 61.6 Å². The number of pyridine rings is 7. The highest BCUT2D eigenvalue weighted by Crippen LogP contribution is 2.44. The van der Waals surface area contributed by atoms with Gasteiger partial charge in [-0.2, -0.15) is 43.1 Å². The van der Waals surface area contributed by atoms with Crippen molar-refractivity contribution in [2.45, 2.75) is 246 Å². The molecule has 0 aliphatic carbocycles. The number of aryl methyl sites for hydroxylation is 2. The lowest BCUT2D eigenvalue weighted by Gasteiger charge is -2.34. The van der Waals surface area contributed by atoms with Gasteiger partial charge in [-0.25, -0.2) is 67.2 Å². The van der Waals surface area contributed by atoms with Gasteiger partial charge in [0.1, 0.15) is 69.5 Å². The summed E-state index contributed by atoms with van der Waals surface area (Å²) in [4.78, 5) is 92.9. The van der Waals surface area contributed by atoms with Gasteiger partial charge in [0.25, 0.3) is 53.7 Å². The number of halogens is 2. The maximum Gasteiger partial charge on any atom is 0.304 e. The lowest BCUT2D eigenvalue weighted by molar-refractivity contribution is 0.0969. The number of nitrogen functional groups attached to an aromatic ring is 2. The number of anilines is 6. The zero-order valence-electron chi connectivity index (χ0n) is 86.9. The average molecular weight is 2100 g/mol. The van der Waals surface area contributed by atoms with E-state index >= 15 is 0 Å². The van der Waals surface area contributed by atoms with Crippen LogP contribution in [0.15, 0.2) is 167 Å². The van der Waals surface area contributed by atoms with Crippen LogP contribution in [0, 0.1) is 61.0 Å². The second-order valence-electron chi connectivity index (χ2n) is 42.1. The lowest BCUT2D eigenvalue weighted by Crippen LogP contribution is -2.51. The first-order valence-corrected chi connectivity index (χ1v) is 55.5. The van der Waals surface area contributed by atoms with E-state index in [0.717, 1.165) is 63.5 Å². The quantitative estimate of drug-likeness (QED) is 0.0239. The number of nitrogens with two attached hydrogens (primary N) is 3. The Morgan fingerprint density at radius 3 is 1.39 bits per heavy atom. The molecule has 0 spiro atoms. The Bertz CT molecular complexity index is 7040. The Hall–Kier alpha value is -12.9. The van der Waals surface area contributed by atoms with E-state index in [1.165, 1.54) is 71.0 Å². The molecule has 5 fully saturated rings. The van der Waals surface area contributed by atoms with E-state index < -0.39 is 75.5 Å². The van der Waals surface area contributed by atoms with E-state index in [2.05, 4.69) is 125 Å². The van der Waals surface area contributed by atoms with E-state index in [1.54, 1.807) is 91.5 Å². The van der Waals surface area contributed by atoms with Crippen LogP contribution in [0.4, 0.5) is 43.7 Å². The standard InChI is InChI=1S/C29H35FN4O4S.C28H40FN5O4S.C25H33N7O3S.C23H29N5O4S/c1-17(2)16-38-24-14-22(13-23(30)15-24)25-12-18(3)27(28(32-25)34-20(5)10-11-21(34)6)29(35)33-39(36,37)26-9-7-8-19(4)31-26;1-18(2)17-38-23-12-20(11-21(29)13-23)25-9-8-24(26(31-25)34-15-19(3)14-28(34,4)5)27(35)32-39(36,37)33-10-6-7-22(30)16-33;1-16(2)13-18-11-12-27-32(18)21-10-9-19(23(29-21)31-15-17(3)14-25(31,4)5)24(33)30-36(34,35)22-8-6-7-20(26)28-22;1-15-13-23(2,3)28(14-15)21-16(10-11-17(25-21)18-7-4-5-12-32-18)22(29)27-33(30,31)20-9-6-8-19(24)26-20/h7-9,12-15,17,20-21H,10-11,16H2,1-6H3,(H,33,35);8-9,11-13,18-19,22H,6-7,10,14-17,30H2,1-5H3,(H,32,35);6-12,16-17H,13-15H2,1-5H3,(H2,26,28)(H,30,33);6-11,15H,4-5,12-14H2,1-3H3,(H2,24,26)(H,27,29)/t20-,21+;19-,22?;17-;15-/m.000/s1. The number of aromatic nitrogens is 9. The number of ether oxygens (including phenoxy) is 3. The largest absolute Gasteiger partial charge is 0.493 e. The summed E-state index contributed by atoms with van der Waals surface area (Å²) in [6.45, 7) is 42.7. The number of nitrogens with one attached hydrogen (secondary N) is 4. The first kappa shape index (κ1) is 111. The summed E-state index contributed by atoms with van der Waals surface area (Å²) in [6, 6.07) is 35.1. The Morgan fingerprint density at radius 1 is 0.490 bits per heavy atom. The van der Waals surface area contributed by atoms with E-state index in [1.807, 2.05) is 63.5 Å². The number of hydrogen-bond acceptors (Lipinski definition) is 30. The van der Waals surface area contributed by atoms with Crippen molar-refractivity contribution in [3.63, 3.8) is 0 Å². The molecule has 6 aliphatic heterocycles. The van der Waals surface area contributed by atoms with E-state index in [4.69, 9.17) is 51.3 Å². The van der Waals surface area contributed by atoms with Crippen molar-refractivity contribution in [1.82, 2.24) is 67.9 Å². The van der Waals surface area contributed by atoms with Crippen LogP contribution in [0.25, 0.3) is 34.1 Å². The van der Waals surface area contributed by atoms with Crippen LogP contribution in [0.1, 0.15) is 240 Å². The fourth-order valence-electron chi connectivity index (χ4n) is 19.6. The molecular weight excluding hydrogens is 1960 g/mol. The molecule has 14 heterocycles. The van der Waals surface area contributed by atoms with Crippen molar-refractivity contribution in [2.24, 2.45) is 41.2 Å². The van der Waals surface area contributed by atoms with Gasteiger partial charge in [0.2, 0.25) is 0 Å². The van der Waals surface area contributed by atoms with E-state index in [0.29, 0.717) is 162 Å². The molecule has 790 valence electrons. The second-order valence-corrected chi connectivity index (χ2v) is 48.7. The fourth-order valence-corrected chi connectivity index (χ4v) is 23.7. The highest BCUT2D eigenvalue weighted by molar-refractivity contribution is 7.90. The van der Waals surface area contributed by atoms with Crippen molar-refractivity contribution >= 4 is 105 Å². The molecular formula is C105H137F2N21O15S4. The molecule has 1 unspecified atom stereocenters. The number of piperidine rings is 1. The van der Waals surface area contributed by atoms with Gasteiger partial charge in [-0.05, 0) is 290 Å². The molecule has 42 heteroatoms. The number of carbonyl (C=O) groups is 4. The first-order valence-electron chi connectivity index (χ1n) is 49.6. The second kappa shape index (κ2) is 45.8. The van der Waals surface area contributed by atoms with Crippen LogP contribution in [0.2, 0.25) is 0 Å². The van der Waals surface area contributed by atoms with Gasteiger partial charge < -0.3 is 51.0 Å². The van der Waals surface area contributed by atoms with Gasteiger partial charge in [-0.15, -0.1) is 0 Å². The Morgan fingerprint density at radius 2 is 0.939 bits per heavy atom. The van der Waals surface area contributed by atoms with Crippen LogP contribution in [0.3, 0.4) is 0 Å². The SMILES string of the molecule is CC(C)COc1cc(F)cc(-c2ccc(C(=O)NS(=O)(=O)N3CCCC(N)C3)c(N3C[C@@H](C)CC3(C)C)n2)c1.CC(C)Cc1ccnn1-c1ccc(C(=O)NS(=O)(=O)c2cccc(N)n2)c(N2C[C@@H](C)CC2(C)C)n1.C[C@@H]1CN(c2nc(C3=CCCCO3)ccc2C(=O)NS(=O)(=O)c2cccc(N)n2)C(C)(C)C1.Cc1cccc(S(=O)(=O)NC(=O)c2c(C)cc(-c3cc(F)cc(OCC(C)C)c3)nc2N2[C@H](C)CC[C@@H]2C)n1. The molecule has 6 atom stereocenters. The van der Waals surface area contributed by atoms with Crippen LogP contribution in [-0.4, -0.2) is 194 Å². The zero-order valence-corrected chi connectivity index (χ0v) is 90.1. The predicted octanol–water partition coefficient (Wildman–Crippen LogP) is 15.5. The molecule has 147 heavy (non-hydrogen) atoms. The molecule has 10 aromatic rings. The monoisotopic (exact) mass is 2100 g/mol. The third kappa shape index (κ3) is 27.6. The summed E-state index contributed by atoms with van der Waals surface area (Å²) >= 11 is 0. The minimum Gasteiger partial charge on any atom is -0.493 e. The number of carbonyl (C=O) groups excluding carboxylic acids is 4. The molecule has 5 saturated heterocycles. The van der Waals surface area contributed by atoms with Gasteiger partial charge in [-0.3, -0.25) is 19.2 Å². The summed E-state index contributed by atoms with van der Waals surface area (Å²) in [5, 5.41) is 3.57. The molecule has 8 aromatic heterocycles. The normalized spacial score (nSPS) is 19.2. The van der Waals surface area contributed by atoms with Crippen LogP contribution < -0.4 is 65.2 Å². The van der Waals surface area contributed by atoms with Gasteiger partial charge in [0.05, 0.1) is 53.5 Å². The Balaban J connectivity index is 0.000000164. The summed E-state index contributed by atoms with van der Waals surface area (Å²) < 4.78 is 162. The third-order valence-corrected chi connectivity index (χ3v) is 31.2. The van der Waals surface area contributed by atoms with Gasteiger partial charge in [0.15, 0.2) is 20.9 Å². The molecule has 2 aromatic carbocycles. The van der Waals surface area contributed by atoms with Crippen LogP contribution >= 0.6 is 0 Å². The molecule has 4 amide bonds. The number of allylic oxidation sites excluding steroid dienone is 1. The minimum absolute atomic E-state index is 0.0428. The maximum atomic E-state index is 14.6. The fraction of sp³-hybridized carbons (Fsp3) is 0.467. The molecule has 36 nitrogen and oxygen atoms in total. The summed E-state index contributed by atoms with van der Waals surface area (Å²) in [7, 11) is -16.8. The third-order valence-electron chi connectivity index (χ3n) is 26.0. The average Bonchev–Trinajstić information content (AvgIpc) is 1.70. The van der Waals surface area contributed by atoms with Gasteiger partial charge in [-0.1, -0.05) is 80.5 Å². The molecule has 0 bridgehead atoms. The number of rotatable bonds is 28. The van der Waals surface area contributed by atoms with Crippen molar-refractivity contribution in [3.05, 3.63) is 208 Å². The highest BCUT2D eigenvalue weighted by Gasteiger charge is 2.45. The number of hydrogen-bond donors (Lipinski definition) is 7. The summed E-state index contributed by atoms with van der Waals surface area (Å²) in [6.07, 6.45) is 12.2. The molecule has 6 aliphatic rings. The maximum absolute atomic E-state index is 14.6. The Kier molecular flexibility index (Phi) is 34.7. The van der Waals surface area contributed by atoms with Crippen molar-refractivity contribution in [3.8, 4) is 39.8 Å². The van der Waals surface area contributed by atoms with Crippen LogP contribution in [-0.2, 0) is 51.4 Å². The van der Waals surface area contributed by atoms with Crippen LogP contribution in [0.5, 0.6) is 11.5 Å². The zero-order chi connectivity index (χ0) is 107. The number of benzene rings is 2. The number of nitrogens with zero attached hydrogens (tertiary/aromatic N) is 14. The predicted molar refractivity (Wildman–Crippen MR) is 564 cm³/mol. The first-order chi connectivity index (χ1) is 69.0. The number of sulfonamides is 3. The Labute approximate surface area is 861 Å².